The first-order chi connectivity index (χ1) is 22.6. The van der Waals surface area contributed by atoms with E-state index < -0.39 is 17.5 Å². The van der Waals surface area contributed by atoms with Crippen molar-refractivity contribution < 1.29 is 23.0 Å². The summed E-state index contributed by atoms with van der Waals surface area (Å²) in [5, 5.41) is 13.2. The van der Waals surface area contributed by atoms with E-state index in [1.807, 2.05) is 12.1 Å². The number of rotatable bonds is 14. The smallest absolute Gasteiger partial charge is 0.230 e. The number of fused-ring (bicyclic) bond motifs is 1. The summed E-state index contributed by atoms with van der Waals surface area (Å²) in [4.78, 5) is 23.8. The molecule has 0 spiro atoms. The van der Waals surface area contributed by atoms with E-state index in [0.29, 0.717) is 46.3 Å². The van der Waals surface area contributed by atoms with Crippen LogP contribution >= 0.6 is 0 Å². The van der Waals surface area contributed by atoms with Gasteiger partial charge in [-0.3, -0.25) is 14.8 Å². The Morgan fingerprint density at radius 2 is 1.75 bits per heavy atom. The van der Waals surface area contributed by atoms with Gasteiger partial charge < -0.3 is 20.1 Å². The molecule has 48 heavy (non-hydrogen) atoms. The van der Waals surface area contributed by atoms with Crippen LogP contribution in [0.4, 0.5) is 26.1 Å². The molecule has 10 nitrogen and oxygen atoms in total. The van der Waals surface area contributed by atoms with Crippen LogP contribution in [-0.2, 0) is 11.2 Å². The lowest BCUT2D eigenvalue weighted by Crippen LogP contribution is -2.63. The van der Waals surface area contributed by atoms with E-state index in [2.05, 4.69) is 84.2 Å². The van der Waals surface area contributed by atoms with Gasteiger partial charge in [0.15, 0.2) is 29.0 Å². The second kappa shape index (κ2) is 14.8. The summed E-state index contributed by atoms with van der Waals surface area (Å²) in [6.07, 6.45) is 3.14. The number of H-pyrrole nitrogens is 1. The summed E-state index contributed by atoms with van der Waals surface area (Å²) < 4.78 is 39.4. The highest BCUT2D eigenvalue weighted by atomic mass is 19.2. The fraction of sp³-hybridized carbons (Fsp3) is 0.472. The minimum absolute atomic E-state index is 0.0364. The van der Waals surface area contributed by atoms with Crippen LogP contribution in [-0.4, -0.2) is 63.3 Å². The van der Waals surface area contributed by atoms with Crippen molar-refractivity contribution in [3.8, 4) is 11.5 Å². The molecule has 2 heterocycles. The van der Waals surface area contributed by atoms with Crippen molar-refractivity contribution in [3.63, 3.8) is 0 Å². The topological polar surface area (TPSA) is 117 Å². The molecule has 2 aromatic carbocycles. The number of anilines is 3. The van der Waals surface area contributed by atoms with Gasteiger partial charge in [0, 0.05) is 35.3 Å². The number of carbonyl (C=O) groups excluding carboxylic acids is 1. The number of carbonyl (C=O) groups is 1. The first kappa shape index (κ1) is 36.5. The zero-order chi connectivity index (χ0) is 35.3. The number of amides is 1. The number of aromatic amines is 1. The summed E-state index contributed by atoms with van der Waals surface area (Å²) in [5.41, 5.74) is 0.511. The van der Waals surface area contributed by atoms with Gasteiger partial charge in [-0.15, -0.1) is 0 Å². The standard InChI is InChI=1S/C36H48F2N7O3/c1-10-15-45(36(8,34(2,3)4)35(5,6)7)16-12-17-48-29-21-27-24(20-28(29)47-9)33(40-22-39-27)42-30-18-23(43-44-30)19-31(46)41-26-14-11-13-25(37)32(26)38/h11,13-14,18,20-22H,8,10,12,15-17,19H2,1-7,9H3,(H,41,46)(H2,39,40,42,43,44). The van der Waals surface area contributed by atoms with Gasteiger partial charge in [-0.25, -0.2) is 18.7 Å². The Bertz CT molecular complexity index is 1700. The highest BCUT2D eigenvalue weighted by Crippen LogP contribution is 2.48. The van der Waals surface area contributed by atoms with E-state index in [9.17, 15) is 13.6 Å². The molecule has 4 rings (SSSR count). The average molecular weight is 665 g/mol. The highest BCUT2D eigenvalue weighted by molar-refractivity contribution is 5.93. The first-order valence-corrected chi connectivity index (χ1v) is 16.2. The molecule has 0 bridgehead atoms. The maximum absolute atomic E-state index is 13.9. The molecule has 259 valence electrons. The first-order valence-electron chi connectivity index (χ1n) is 16.2. The molecule has 4 aromatic rings. The van der Waals surface area contributed by atoms with Crippen molar-refractivity contribution in [2.45, 2.75) is 73.3 Å². The van der Waals surface area contributed by atoms with Crippen molar-refractivity contribution >= 4 is 34.1 Å². The molecule has 0 atom stereocenters. The van der Waals surface area contributed by atoms with Crippen molar-refractivity contribution in [2.75, 3.05) is 37.4 Å². The van der Waals surface area contributed by atoms with E-state index >= 15 is 0 Å². The average Bonchev–Trinajstić information content (AvgIpc) is 3.45. The van der Waals surface area contributed by atoms with Crippen molar-refractivity contribution in [1.82, 2.24) is 25.1 Å². The third-order valence-electron chi connectivity index (χ3n) is 8.72. The van der Waals surface area contributed by atoms with E-state index in [1.54, 1.807) is 13.2 Å². The number of hydrogen-bond donors (Lipinski definition) is 3. The summed E-state index contributed by atoms with van der Waals surface area (Å²) >= 11 is 0. The molecule has 1 amide bonds. The van der Waals surface area contributed by atoms with Gasteiger partial charge in [-0.2, -0.15) is 5.10 Å². The van der Waals surface area contributed by atoms with Crippen molar-refractivity contribution in [2.24, 2.45) is 10.8 Å². The predicted molar refractivity (Wildman–Crippen MR) is 186 cm³/mol. The minimum Gasteiger partial charge on any atom is -0.493 e. The molecule has 0 aliphatic carbocycles. The van der Waals surface area contributed by atoms with Gasteiger partial charge in [0.2, 0.25) is 5.91 Å². The van der Waals surface area contributed by atoms with E-state index in [1.165, 1.54) is 18.5 Å². The number of ether oxygens (including phenoxy) is 2. The maximum atomic E-state index is 13.9. The fourth-order valence-electron chi connectivity index (χ4n) is 6.32. The highest BCUT2D eigenvalue weighted by Gasteiger charge is 2.50. The molecule has 0 fully saturated rings. The van der Waals surface area contributed by atoms with E-state index in [4.69, 9.17) is 16.4 Å². The molecule has 12 heteroatoms. The van der Waals surface area contributed by atoms with Gasteiger partial charge in [0.25, 0.3) is 0 Å². The zero-order valence-corrected chi connectivity index (χ0v) is 29.3. The van der Waals surface area contributed by atoms with Gasteiger partial charge in [-0.1, -0.05) is 54.5 Å². The Morgan fingerprint density at radius 3 is 2.42 bits per heavy atom. The molecule has 1 radical (unpaired) electrons. The molecule has 0 unspecified atom stereocenters. The number of methoxy groups -OCH3 is 1. The number of aromatic nitrogens is 4. The van der Waals surface area contributed by atoms with Crippen LogP contribution in [0.1, 0.15) is 67.0 Å². The SMILES string of the molecule is [CH2]C(N(CCC)CCCOc1cc2ncnc(Nc3cc(CC(=O)Nc4cccc(F)c4F)[nH]n3)c2cc1OC)(C(C)(C)C)C(C)(C)C. The second-order valence-electron chi connectivity index (χ2n) is 14.0. The Hall–Kier alpha value is -4.32. The Kier molecular flexibility index (Phi) is 11.3. The lowest BCUT2D eigenvalue weighted by molar-refractivity contribution is -0.115. The van der Waals surface area contributed by atoms with E-state index in [0.717, 1.165) is 32.0 Å². The van der Waals surface area contributed by atoms with Gasteiger partial charge >= 0.3 is 0 Å². The molecule has 0 saturated heterocycles. The lowest BCUT2D eigenvalue weighted by Gasteiger charge is -2.58. The molecule has 0 aliphatic rings. The Morgan fingerprint density at radius 1 is 1.02 bits per heavy atom. The summed E-state index contributed by atoms with van der Waals surface area (Å²) in [6.45, 7) is 22.9. The third kappa shape index (κ3) is 8.03. The normalized spacial score (nSPS) is 12.4. The number of hydrogen-bond acceptors (Lipinski definition) is 8. The largest absolute Gasteiger partial charge is 0.493 e. The van der Waals surface area contributed by atoms with Crippen LogP contribution in [0.3, 0.4) is 0 Å². The number of nitrogens with zero attached hydrogens (tertiary/aromatic N) is 4. The van der Waals surface area contributed by atoms with Crippen molar-refractivity contribution in [3.05, 3.63) is 67.0 Å². The van der Waals surface area contributed by atoms with Crippen LogP contribution in [0.5, 0.6) is 11.5 Å². The molecule has 3 N–H and O–H groups in total. The fourth-order valence-corrected chi connectivity index (χ4v) is 6.32. The number of nitrogens with one attached hydrogen (secondary N) is 3. The van der Waals surface area contributed by atoms with Crippen molar-refractivity contribution in [1.29, 1.82) is 0 Å². The van der Waals surface area contributed by atoms with Crippen LogP contribution in [0.25, 0.3) is 10.9 Å². The number of benzene rings is 2. The van der Waals surface area contributed by atoms with E-state index in [-0.39, 0.29) is 28.5 Å². The minimum atomic E-state index is -1.12. The quantitative estimate of drug-likeness (QED) is 0.117. The third-order valence-corrected chi connectivity index (χ3v) is 8.72. The van der Waals surface area contributed by atoms with Crippen LogP contribution in [0.15, 0.2) is 42.7 Å². The number of halogens is 2. The molecular formula is C36H48F2N7O3. The molecule has 2 aromatic heterocycles. The monoisotopic (exact) mass is 664 g/mol. The summed E-state index contributed by atoms with van der Waals surface area (Å²) in [5.74, 6) is -0.712. The van der Waals surface area contributed by atoms with Crippen LogP contribution in [0.2, 0.25) is 0 Å². The molecular weight excluding hydrogens is 616 g/mol. The lowest BCUT2D eigenvalue weighted by atomic mass is 9.60. The maximum Gasteiger partial charge on any atom is 0.230 e. The zero-order valence-electron chi connectivity index (χ0n) is 29.3. The Labute approximate surface area is 282 Å². The predicted octanol–water partition coefficient (Wildman–Crippen LogP) is 7.71. The molecule has 0 aliphatic heterocycles. The Balaban J connectivity index is 1.43. The summed E-state index contributed by atoms with van der Waals surface area (Å²) in [6, 6.07) is 8.85. The van der Waals surface area contributed by atoms with Gasteiger partial charge in [0.1, 0.15) is 12.1 Å². The van der Waals surface area contributed by atoms with Gasteiger partial charge in [0.05, 0.1) is 31.3 Å². The van der Waals surface area contributed by atoms with Crippen LogP contribution < -0.4 is 20.1 Å². The van der Waals surface area contributed by atoms with Crippen LogP contribution in [0, 0.1) is 29.4 Å². The summed E-state index contributed by atoms with van der Waals surface area (Å²) in [7, 11) is 1.58. The van der Waals surface area contributed by atoms with Gasteiger partial charge in [-0.05, 0) is 55.3 Å². The molecule has 0 saturated carbocycles. The second-order valence-corrected chi connectivity index (χ2v) is 14.0.